The van der Waals surface area contributed by atoms with E-state index in [1.165, 1.54) is 218 Å². The van der Waals surface area contributed by atoms with Crippen LogP contribution >= 0.6 is 0 Å². The standard InChI is InChI=1S/C76H135NO8/c1-6-8-10-12-14-16-18-20-22-24-26-28-30-32-33-34-35-36-37-38-39-40-41-43-45-47-49-51-53-55-57-59-61-63-65-67-74(79)85-72(71-84-76(75(80)81)82-69-68-77(3,4)5)70-83-73(78)66-64-62-60-58-56-54-52-50-48-46-44-42-31-29-27-25-23-21-19-17-15-13-11-9-7-2/h8,10,14,16,19-22,25-28,32-33,72,76H,6-7,9,11-13,15,17-18,23-24,29-31,34-71H2,1-5H3/b10-8-,16-14-,21-19-,22-20-,27-25-,28-26-,33-32-. The number of hydrogen-bond acceptors (Lipinski definition) is 8. The third-order valence-corrected chi connectivity index (χ3v) is 15.6. The molecule has 9 nitrogen and oxygen atoms in total. The van der Waals surface area contributed by atoms with Crippen molar-refractivity contribution in [3.63, 3.8) is 0 Å². The predicted octanol–water partition coefficient (Wildman–Crippen LogP) is 20.9. The van der Waals surface area contributed by atoms with E-state index in [2.05, 4.69) is 98.9 Å². The van der Waals surface area contributed by atoms with Gasteiger partial charge in [0.05, 0.1) is 40.3 Å². The molecular weight excluding hydrogens is 1050 g/mol. The van der Waals surface area contributed by atoms with Gasteiger partial charge < -0.3 is 33.3 Å². The first-order valence-electron chi connectivity index (χ1n) is 35.7. The van der Waals surface area contributed by atoms with Crippen molar-refractivity contribution in [2.45, 2.75) is 334 Å². The van der Waals surface area contributed by atoms with E-state index >= 15 is 0 Å². The second-order valence-corrected chi connectivity index (χ2v) is 25.1. The number of aliphatic carboxylic acids is 1. The lowest BCUT2D eigenvalue weighted by atomic mass is 10.0. The van der Waals surface area contributed by atoms with Crippen LogP contribution in [-0.4, -0.2) is 82.3 Å². The smallest absolute Gasteiger partial charge is 0.306 e. The minimum Gasteiger partial charge on any atom is -0.545 e. The lowest BCUT2D eigenvalue weighted by Crippen LogP contribution is -2.44. The van der Waals surface area contributed by atoms with Crippen LogP contribution in [0.5, 0.6) is 0 Å². The Balaban J connectivity index is 4.07. The molecule has 0 saturated carbocycles. The number of carbonyl (C=O) groups excluding carboxylic acids is 3. The van der Waals surface area contributed by atoms with E-state index in [4.69, 9.17) is 18.9 Å². The van der Waals surface area contributed by atoms with Crippen LogP contribution in [-0.2, 0) is 33.3 Å². The van der Waals surface area contributed by atoms with E-state index in [1.54, 1.807) is 0 Å². The number of esters is 2. The van der Waals surface area contributed by atoms with Crippen molar-refractivity contribution in [3.8, 4) is 0 Å². The van der Waals surface area contributed by atoms with Gasteiger partial charge in [-0.1, -0.05) is 304 Å². The zero-order valence-electron chi connectivity index (χ0n) is 56.2. The summed E-state index contributed by atoms with van der Waals surface area (Å²) in [5.41, 5.74) is 0. The molecule has 0 aromatic carbocycles. The Morgan fingerprint density at radius 3 is 1.00 bits per heavy atom. The fourth-order valence-corrected chi connectivity index (χ4v) is 10.2. The van der Waals surface area contributed by atoms with Gasteiger partial charge in [-0.2, -0.15) is 0 Å². The second-order valence-electron chi connectivity index (χ2n) is 25.1. The number of unbranched alkanes of at least 4 members (excludes halogenated alkanes) is 37. The Labute approximate surface area is 525 Å². The molecular formula is C76H135NO8. The number of ether oxygens (including phenoxy) is 4. The molecule has 0 aliphatic carbocycles. The quantitative estimate of drug-likeness (QED) is 0.0195. The molecule has 85 heavy (non-hydrogen) atoms. The number of allylic oxidation sites excluding steroid dienone is 14. The molecule has 0 N–H and O–H groups in total. The molecule has 0 spiro atoms. The summed E-state index contributed by atoms with van der Waals surface area (Å²) in [5.74, 6) is -2.27. The Bertz CT molecular complexity index is 1670. The van der Waals surface area contributed by atoms with Gasteiger partial charge in [0.15, 0.2) is 12.4 Å². The van der Waals surface area contributed by atoms with E-state index in [0.29, 0.717) is 23.9 Å². The molecule has 0 fully saturated rings. The van der Waals surface area contributed by atoms with E-state index in [9.17, 15) is 19.5 Å². The summed E-state index contributed by atoms with van der Waals surface area (Å²) in [7, 11) is 5.94. The van der Waals surface area contributed by atoms with Gasteiger partial charge in [0, 0.05) is 12.8 Å². The molecule has 0 amide bonds. The molecule has 0 aromatic rings. The van der Waals surface area contributed by atoms with Crippen LogP contribution in [0.4, 0.5) is 0 Å². The van der Waals surface area contributed by atoms with Crippen molar-refractivity contribution in [3.05, 3.63) is 85.1 Å². The van der Waals surface area contributed by atoms with Crippen LogP contribution in [0.25, 0.3) is 0 Å². The normalized spacial score (nSPS) is 13.2. The zero-order valence-corrected chi connectivity index (χ0v) is 56.2. The number of rotatable bonds is 66. The Morgan fingerprint density at radius 1 is 0.365 bits per heavy atom. The lowest BCUT2D eigenvalue weighted by molar-refractivity contribution is -0.870. The minimum atomic E-state index is -1.62. The Hall–Kier alpha value is -3.53. The van der Waals surface area contributed by atoms with Gasteiger partial charge in [-0.15, -0.1) is 0 Å². The lowest BCUT2D eigenvalue weighted by Gasteiger charge is -2.26. The average Bonchev–Trinajstić information content (AvgIpc) is 3.48. The molecule has 0 aliphatic rings. The van der Waals surface area contributed by atoms with Crippen LogP contribution < -0.4 is 5.11 Å². The van der Waals surface area contributed by atoms with E-state index in [0.717, 1.165) is 70.6 Å². The number of carbonyl (C=O) groups is 3. The number of carboxylic acids is 1. The summed E-state index contributed by atoms with van der Waals surface area (Å²) in [4.78, 5) is 37.5. The largest absolute Gasteiger partial charge is 0.545 e. The topological polar surface area (TPSA) is 111 Å². The molecule has 0 saturated heterocycles. The van der Waals surface area contributed by atoms with Crippen molar-refractivity contribution in [2.75, 3.05) is 47.5 Å². The van der Waals surface area contributed by atoms with Crippen LogP contribution in [0, 0.1) is 0 Å². The number of quaternary nitrogens is 1. The number of hydrogen-bond donors (Lipinski definition) is 0. The van der Waals surface area contributed by atoms with Crippen LogP contribution in [0.15, 0.2) is 85.1 Å². The van der Waals surface area contributed by atoms with Gasteiger partial charge in [0.2, 0.25) is 0 Å². The maximum Gasteiger partial charge on any atom is 0.306 e. The van der Waals surface area contributed by atoms with Gasteiger partial charge in [-0.25, -0.2) is 0 Å². The first kappa shape index (κ1) is 81.5. The monoisotopic (exact) mass is 1190 g/mol. The summed E-state index contributed by atoms with van der Waals surface area (Å²) in [6.07, 6.45) is 86.7. The summed E-state index contributed by atoms with van der Waals surface area (Å²) in [6, 6.07) is 0. The predicted molar refractivity (Wildman–Crippen MR) is 361 cm³/mol. The average molecular weight is 1190 g/mol. The number of carboxylic acid groups (broad SMARTS) is 1. The summed E-state index contributed by atoms with van der Waals surface area (Å²) >= 11 is 0. The molecule has 0 heterocycles. The first-order valence-corrected chi connectivity index (χ1v) is 35.7. The van der Waals surface area contributed by atoms with E-state index < -0.39 is 24.3 Å². The highest BCUT2D eigenvalue weighted by molar-refractivity contribution is 5.70. The molecule has 0 aliphatic heterocycles. The minimum absolute atomic E-state index is 0.147. The van der Waals surface area contributed by atoms with Crippen LogP contribution in [0.3, 0.4) is 0 Å². The van der Waals surface area contributed by atoms with E-state index in [1.807, 2.05) is 21.1 Å². The maximum absolute atomic E-state index is 12.9. The van der Waals surface area contributed by atoms with Crippen molar-refractivity contribution in [1.29, 1.82) is 0 Å². The van der Waals surface area contributed by atoms with Crippen molar-refractivity contribution < 1.29 is 42.9 Å². The van der Waals surface area contributed by atoms with Crippen molar-refractivity contribution in [2.24, 2.45) is 0 Å². The van der Waals surface area contributed by atoms with Crippen molar-refractivity contribution >= 4 is 17.9 Å². The SMILES string of the molecule is CC/C=C\C/C=C\C/C=C\C/C=C\C/C=C\CCCCCCCCCCCCCCCCCCCCCC(=O)OC(COC(=O)CCCCCCCCCCCCCCC/C=C\C/C=C\CCCCCCC)COC(OCC[N+](C)(C)C)C(=O)[O-]. The molecule has 0 aromatic heterocycles. The zero-order chi connectivity index (χ0) is 61.9. The molecule has 2 unspecified atom stereocenters. The highest BCUT2D eigenvalue weighted by atomic mass is 16.7. The summed E-state index contributed by atoms with van der Waals surface area (Å²) < 4.78 is 22.8. The third-order valence-electron chi connectivity index (χ3n) is 15.6. The van der Waals surface area contributed by atoms with Gasteiger partial charge in [0.1, 0.15) is 13.2 Å². The fraction of sp³-hybridized carbons (Fsp3) is 0.776. The molecule has 0 radical (unpaired) electrons. The molecule has 0 bridgehead atoms. The highest BCUT2D eigenvalue weighted by Gasteiger charge is 2.22. The molecule has 9 heteroatoms. The fourth-order valence-electron chi connectivity index (χ4n) is 10.2. The number of likely N-dealkylation sites (N-methyl/N-ethyl adjacent to an activating group) is 1. The number of nitrogens with zero attached hydrogens (tertiary/aromatic N) is 1. The third kappa shape index (κ3) is 67.8. The second kappa shape index (κ2) is 66.4. The van der Waals surface area contributed by atoms with Crippen molar-refractivity contribution in [1.82, 2.24) is 0 Å². The van der Waals surface area contributed by atoms with Crippen LogP contribution in [0.1, 0.15) is 322 Å². The Morgan fingerprint density at radius 2 is 0.671 bits per heavy atom. The molecule has 2 atom stereocenters. The van der Waals surface area contributed by atoms with E-state index in [-0.39, 0.29) is 32.2 Å². The van der Waals surface area contributed by atoms with Gasteiger partial charge in [0.25, 0.3) is 0 Å². The van der Waals surface area contributed by atoms with Gasteiger partial charge in [-0.3, -0.25) is 9.59 Å². The summed E-state index contributed by atoms with van der Waals surface area (Å²) in [5, 5.41) is 11.8. The summed E-state index contributed by atoms with van der Waals surface area (Å²) in [6.45, 7) is 4.66. The highest BCUT2D eigenvalue weighted by Crippen LogP contribution is 2.18. The molecule has 492 valence electrons. The van der Waals surface area contributed by atoms with Gasteiger partial charge in [-0.05, 0) is 89.9 Å². The van der Waals surface area contributed by atoms with Crippen LogP contribution in [0.2, 0.25) is 0 Å². The maximum atomic E-state index is 12.9. The van der Waals surface area contributed by atoms with Gasteiger partial charge >= 0.3 is 11.9 Å². The first-order chi connectivity index (χ1) is 41.6. The Kier molecular flexibility index (Phi) is 63.7. The molecule has 0 rings (SSSR count).